The Kier molecular flexibility index (Phi) is 2.69. The number of aromatic amines is 1. The molecular weight excluding hydrogens is 256 g/mol. The van der Waals surface area contributed by atoms with Crippen molar-refractivity contribution in [3.05, 3.63) is 57.4 Å². The molecule has 1 N–H and O–H groups in total. The maximum absolute atomic E-state index is 12.4. The third-order valence-electron chi connectivity index (χ3n) is 3.02. The molecule has 0 fully saturated rings. The van der Waals surface area contributed by atoms with Gasteiger partial charge in [-0.2, -0.15) is 5.26 Å². The first-order valence-corrected chi connectivity index (χ1v) is 6.63. The lowest BCUT2D eigenvalue weighted by atomic mass is 10.1. The monoisotopic (exact) mass is 266 g/mol. The van der Waals surface area contributed by atoms with Crippen molar-refractivity contribution in [2.45, 2.75) is 6.92 Å². The van der Waals surface area contributed by atoms with Gasteiger partial charge in [0.2, 0.25) is 5.78 Å². The summed E-state index contributed by atoms with van der Waals surface area (Å²) >= 11 is 1.48. The first-order valence-electron chi connectivity index (χ1n) is 5.81. The zero-order valence-corrected chi connectivity index (χ0v) is 11.0. The molecule has 0 bridgehead atoms. The van der Waals surface area contributed by atoms with Crippen LogP contribution in [0.2, 0.25) is 0 Å². The summed E-state index contributed by atoms with van der Waals surface area (Å²) in [5, 5.41) is 9.74. The van der Waals surface area contributed by atoms with Gasteiger partial charge < -0.3 is 4.98 Å². The number of H-pyrrole nitrogens is 1. The molecule has 0 amide bonds. The summed E-state index contributed by atoms with van der Waals surface area (Å²) in [6.45, 7) is 1.98. The second-order valence-corrected chi connectivity index (χ2v) is 5.60. The molecule has 4 heteroatoms. The molecule has 0 atom stereocenters. The number of nitrogens with zero attached hydrogens (tertiary/aromatic N) is 1. The molecule has 19 heavy (non-hydrogen) atoms. The first kappa shape index (κ1) is 11.7. The summed E-state index contributed by atoms with van der Waals surface area (Å²) in [5.74, 6) is -0.000519. The highest BCUT2D eigenvalue weighted by Gasteiger charge is 2.15. The average Bonchev–Trinajstić information content (AvgIpc) is 3.03. The van der Waals surface area contributed by atoms with E-state index < -0.39 is 0 Å². The molecule has 1 aromatic carbocycles. The van der Waals surface area contributed by atoms with Crippen LogP contribution in [0.5, 0.6) is 0 Å². The number of nitriles is 1. The summed E-state index contributed by atoms with van der Waals surface area (Å²) in [6, 6.07) is 11.2. The Morgan fingerprint density at radius 1 is 1.32 bits per heavy atom. The fraction of sp³-hybridized carbons (Fsp3) is 0.0667. The normalized spacial score (nSPS) is 10.5. The van der Waals surface area contributed by atoms with Crippen LogP contribution in [0, 0.1) is 18.3 Å². The molecular formula is C15H10N2OS. The molecule has 0 aliphatic rings. The summed E-state index contributed by atoms with van der Waals surface area (Å²) < 4.78 is 0. The van der Waals surface area contributed by atoms with Crippen LogP contribution in [0.25, 0.3) is 10.9 Å². The minimum Gasteiger partial charge on any atom is -0.360 e. The van der Waals surface area contributed by atoms with Crippen LogP contribution in [0.4, 0.5) is 0 Å². The van der Waals surface area contributed by atoms with Crippen molar-refractivity contribution in [3.8, 4) is 6.07 Å². The highest BCUT2D eigenvalue weighted by Crippen LogP contribution is 2.25. The summed E-state index contributed by atoms with van der Waals surface area (Å²) in [6.07, 6.45) is 1.71. The fourth-order valence-corrected chi connectivity index (χ4v) is 2.89. The highest BCUT2D eigenvalue weighted by atomic mass is 32.1. The summed E-state index contributed by atoms with van der Waals surface area (Å²) in [7, 11) is 0. The molecule has 2 aromatic heterocycles. The second-order valence-electron chi connectivity index (χ2n) is 4.31. The summed E-state index contributed by atoms with van der Waals surface area (Å²) in [5.41, 5.74) is 2.05. The van der Waals surface area contributed by atoms with Crippen molar-refractivity contribution in [2.24, 2.45) is 0 Å². The Bertz CT molecular complexity index is 820. The van der Waals surface area contributed by atoms with E-state index in [-0.39, 0.29) is 5.78 Å². The Labute approximate surface area is 114 Å². The molecule has 0 aliphatic heterocycles. The van der Waals surface area contributed by atoms with E-state index in [1.807, 2.05) is 25.1 Å². The number of hydrogen-bond donors (Lipinski definition) is 1. The average molecular weight is 266 g/mol. The van der Waals surface area contributed by atoms with E-state index in [0.717, 1.165) is 20.7 Å². The molecule has 0 saturated heterocycles. The van der Waals surface area contributed by atoms with Crippen molar-refractivity contribution < 1.29 is 4.79 Å². The van der Waals surface area contributed by atoms with E-state index in [9.17, 15) is 4.79 Å². The summed E-state index contributed by atoms with van der Waals surface area (Å²) in [4.78, 5) is 17.3. The number of carbonyl (C=O) groups excluding carboxylic acids is 1. The van der Waals surface area contributed by atoms with Crippen LogP contribution >= 0.6 is 11.3 Å². The largest absolute Gasteiger partial charge is 0.360 e. The number of ketones is 1. The minimum absolute atomic E-state index is 0.000519. The topological polar surface area (TPSA) is 56.6 Å². The Morgan fingerprint density at radius 3 is 2.84 bits per heavy atom. The Morgan fingerprint density at radius 2 is 2.16 bits per heavy atom. The third-order valence-corrected chi connectivity index (χ3v) is 4.02. The number of rotatable bonds is 2. The first-order chi connectivity index (χ1) is 9.19. The third kappa shape index (κ3) is 1.94. The van der Waals surface area contributed by atoms with Crippen LogP contribution in [-0.2, 0) is 0 Å². The van der Waals surface area contributed by atoms with Gasteiger partial charge in [-0.05, 0) is 37.3 Å². The zero-order valence-electron chi connectivity index (χ0n) is 10.2. The maximum Gasteiger partial charge on any atom is 0.205 e. The number of fused-ring (bicyclic) bond motifs is 1. The van der Waals surface area contributed by atoms with Crippen LogP contribution < -0.4 is 0 Å². The van der Waals surface area contributed by atoms with Gasteiger partial charge >= 0.3 is 0 Å². The van der Waals surface area contributed by atoms with Crippen molar-refractivity contribution >= 4 is 28.0 Å². The van der Waals surface area contributed by atoms with Gasteiger partial charge in [-0.1, -0.05) is 0 Å². The van der Waals surface area contributed by atoms with Gasteiger partial charge in [-0.25, -0.2) is 0 Å². The number of aromatic nitrogens is 1. The van der Waals surface area contributed by atoms with Crippen LogP contribution in [0.1, 0.15) is 25.7 Å². The lowest BCUT2D eigenvalue weighted by Crippen LogP contribution is -1.96. The van der Waals surface area contributed by atoms with E-state index in [4.69, 9.17) is 5.26 Å². The Balaban J connectivity index is 2.15. The van der Waals surface area contributed by atoms with Crippen LogP contribution in [0.15, 0.2) is 36.5 Å². The number of hydrogen-bond acceptors (Lipinski definition) is 3. The van der Waals surface area contributed by atoms with Gasteiger partial charge in [0, 0.05) is 27.5 Å². The van der Waals surface area contributed by atoms with Gasteiger partial charge in [0.05, 0.1) is 16.5 Å². The molecule has 2 heterocycles. The van der Waals surface area contributed by atoms with Crippen LogP contribution in [0.3, 0.4) is 0 Å². The van der Waals surface area contributed by atoms with Gasteiger partial charge in [0.25, 0.3) is 0 Å². The van der Waals surface area contributed by atoms with E-state index >= 15 is 0 Å². The zero-order chi connectivity index (χ0) is 13.4. The minimum atomic E-state index is -0.000519. The predicted octanol–water partition coefficient (Wildman–Crippen LogP) is 3.64. The van der Waals surface area contributed by atoms with E-state index in [2.05, 4.69) is 11.1 Å². The fourth-order valence-electron chi connectivity index (χ4n) is 2.07. The van der Waals surface area contributed by atoms with E-state index in [0.29, 0.717) is 11.1 Å². The lowest BCUT2D eigenvalue weighted by Gasteiger charge is -1.96. The van der Waals surface area contributed by atoms with Crippen molar-refractivity contribution in [1.29, 1.82) is 5.26 Å². The molecule has 0 unspecified atom stereocenters. The number of thiophene rings is 1. The second kappa shape index (κ2) is 4.38. The quantitative estimate of drug-likeness (QED) is 0.720. The molecule has 0 spiro atoms. The number of benzene rings is 1. The van der Waals surface area contributed by atoms with Crippen LogP contribution in [-0.4, -0.2) is 10.8 Å². The van der Waals surface area contributed by atoms with Gasteiger partial charge in [0.1, 0.15) is 0 Å². The SMILES string of the molecule is Cc1ccc(C(=O)c2c[nH]c3ccc(C#N)cc23)s1. The Hall–Kier alpha value is -2.38. The maximum atomic E-state index is 12.4. The smallest absolute Gasteiger partial charge is 0.205 e. The molecule has 0 aliphatic carbocycles. The molecule has 3 aromatic rings. The van der Waals surface area contributed by atoms with Gasteiger partial charge in [-0.15, -0.1) is 11.3 Å². The molecule has 92 valence electrons. The number of carbonyl (C=O) groups is 1. The van der Waals surface area contributed by atoms with Crippen molar-refractivity contribution in [2.75, 3.05) is 0 Å². The number of aryl methyl sites for hydroxylation is 1. The van der Waals surface area contributed by atoms with Gasteiger partial charge in [-0.3, -0.25) is 4.79 Å². The van der Waals surface area contributed by atoms with Gasteiger partial charge in [0.15, 0.2) is 0 Å². The molecule has 3 nitrogen and oxygen atoms in total. The number of nitrogens with one attached hydrogen (secondary N) is 1. The van der Waals surface area contributed by atoms with Crippen molar-refractivity contribution in [1.82, 2.24) is 4.98 Å². The predicted molar refractivity (Wildman–Crippen MR) is 75.5 cm³/mol. The molecule has 3 rings (SSSR count). The molecule has 0 saturated carbocycles. The highest BCUT2D eigenvalue weighted by molar-refractivity contribution is 7.14. The van der Waals surface area contributed by atoms with E-state index in [1.165, 1.54) is 11.3 Å². The van der Waals surface area contributed by atoms with Crippen molar-refractivity contribution in [3.63, 3.8) is 0 Å². The van der Waals surface area contributed by atoms with E-state index in [1.54, 1.807) is 18.3 Å². The standard InChI is InChI=1S/C15H10N2OS/c1-9-2-5-14(19-9)15(18)12-8-17-13-4-3-10(7-16)6-11(12)13/h2-6,8,17H,1H3. The lowest BCUT2D eigenvalue weighted by molar-refractivity contribution is 0.104. The molecule has 0 radical (unpaired) electrons.